The molecule has 1 N–H and O–H groups in total. The molecular formula is C26H30FN3O. The Morgan fingerprint density at radius 3 is 2.71 bits per heavy atom. The van der Waals surface area contributed by atoms with Crippen LogP contribution < -0.4 is 5.32 Å². The predicted molar refractivity (Wildman–Crippen MR) is 119 cm³/mol. The van der Waals surface area contributed by atoms with Crippen molar-refractivity contribution in [3.8, 4) is 5.69 Å². The number of anilines is 1. The van der Waals surface area contributed by atoms with Gasteiger partial charge in [0.1, 0.15) is 18.0 Å². The zero-order valence-electron chi connectivity index (χ0n) is 18.3. The van der Waals surface area contributed by atoms with E-state index in [1.165, 1.54) is 30.5 Å². The van der Waals surface area contributed by atoms with Gasteiger partial charge in [0, 0.05) is 17.6 Å². The molecule has 31 heavy (non-hydrogen) atoms. The lowest BCUT2D eigenvalue weighted by atomic mass is 9.47. The molecule has 0 amide bonds. The first-order valence-electron chi connectivity index (χ1n) is 11.7. The summed E-state index contributed by atoms with van der Waals surface area (Å²) in [4.78, 5) is 16.8. The van der Waals surface area contributed by atoms with E-state index in [4.69, 9.17) is 4.98 Å². The van der Waals surface area contributed by atoms with Crippen LogP contribution in [0.15, 0.2) is 42.2 Å². The molecule has 2 aromatic rings. The van der Waals surface area contributed by atoms with Crippen molar-refractivity contribution < 1.29 is 9.18 Å². The van der Waals surface area contributed by atoms with Crippen molar-refractivity contribution in [1.82, 2.24) is 9.55 Å². The van der Waals surface area contributed by atoms with E-state index in [-0.39, 0.29) is 16.8 Å². The Kier molecular flexibility index (Phi) is 4.06. The van der Waals surface area contributed by atoms with Gasteiger partial charge in [0.2, 0.25) is 0 Å². The molecule has 1 aromatic carbocycles. The third kappa shape index (κ3) is 2.78. The number of imidazole rings is 1. The minimum absolute atomic E-state index is 0.0358. The molecule has 2 saturated carbocycles. The lowest BCUT2D eigenvalue weighted by Gasteiger charge is -2.60. The van der Waals surface area contributed by atoms with Crippen molar-refractivity contribution >= 4 is 11.6 Å². The lowest BCUT2D eigenvalue weighted by molar-refractivity contribution is -0.117. The molecule has 5 heteroatoms. The van der Waals surface area contributed by atoms with Gasteiger partial charge in [-0.05, 0) is 99.0 Å². The van der Waals surface area contributed by atoms with Crippen LogP contribution in [0.2, 0.25) is 0 Å². The quantitative estimate of drug-likeness (QED) is 0.667. The molecule has 4 nitrogen and oxygen atoms in total. The normalized spacial score (nSPS) is 36.4. The molecule has 0 saturated heterocycles. The number of nitrogens with zero attached hydrogens (tertiary/aromatic N) is 2. The molecule has 1 aromatic heterocycles. The van der Waals surface area contributed by atoms with Gasteiger partial charge in [-0.15, -0.1) is 0 Å². The topological polar surface area (TPSA) is 46.9 Å². The van der Waals surface area contributed by atoms with Gasteiger partial charge in [-0.25, -0.2) is 9.37 Å². The van der Waals surface area contributed by atoms with E-state index in [1.54, 1.807) is 0 Å². The highest BCUT2D eigenvalue weighted by atomic mass is 19.1. The average Bonchev–Trinajstić information content (AvgIpc) is 3.15. The Morgan fingerprint density at radius 2 is 1.90 bits per heavy atom. The summed E-state index contributed by atoms with van der Waals surface area (Å²) in [5, 5.41) is 3.90. The Labute approximate surface area is 182 Å². The number of carbonyl (C=O) groups is 1. The fourth-order valence-electron chi connectivity index (χ4n) is 7.35. The average molecular weight is 420 g/mol. The van der Waals surface area contributed by atoms with Crippen LogP contribution in [0.3, 0.4) is 0 Å². The number of benzene rings is 1. The molecule has 0 bridgehead atoms. The highest BCUT2D eigenvalue weighted by Crippen LogP contribution is 2.61. The summed E-state index contributed by atoms with van der Waals surface area (Å²) < 4.78 is 15.5. The van der Waals surface area contributed by atoms with Crippen molar-refractivity contribution in [2.45, 2.75) is 64.3 Å². The van der Waals surface area contributed by atoms with Gasteiger partial charge in [0.25, 0.3) is 0 Å². The van der Waals surface area contributed by atoms with Gasteiger partial charge < -0.3 is 5.32 Å². The van der Waals surface area contributed by atoms with Crippen LogP contribution in [-0.2, 0) is 11.2 Å². The molecule has 0 radical (unpaired) electrons. The number of rotatable bonds is 1. The first-order valence-corrected chi connectivity index (χ1v) is 11.7. The number of allylic oxidation sites excluding steroid dienone is 2. The Balaban J connectivity index is 1.35. The van der Waals surface area contributed by atoms with E-state index >= 15 is 0 Å². The van der Waals surface area contributed by atoms with Crippen LogP contribution in [0.1, 0.15) is 58.1 Å². The molecule has 4 aliphatic rings. The minimum atomic E-state index is -0.223. The third-order valence-electron chi connectivity index (χ3n) is 9.12. The number of hydrogen-bond donors (Lipinski definition) is 1. The van der Waals surface area contributed by atoms with Crippen LogP contribution in [0.4, 0.5) is 10.2 Å². The van der Waals surface area contributed by atoms with Gasteiger partial charge >= 0.3 is 0 Å². The van der Waals surface area contributed by atoms with E-state index in [0.29, 0.717) is 30.0 Å². The third-order valence-corrected chi connectivity index (χ3v) is 9.12. The van der Waals surface area contributed by atoms with Crippen molar-refractivity contribution in [2.75, 3.05) is 5.32 Å². The standard InChI is InChI=1S/C26H30FN3O/c1-25-11-9-19(31)13-16(25)3-8-20-21(25)10-12-26(2)22(20)14-23-24(29-26)30(15-28-23)18-6-4-17(27)5-7-18/h4-7,13,15,20-22,29H,3,8-12,14H2,1-2H3. The molecule has 5 atom stereocenters. The summed E-state index contributed by atoms with van der Waals surface area (Å²) in [5.41, 5.74) is 3.70. The van der Waals surface area contributed by atoms with Crippen molar-refractivity contribution in [1.29, 1.82) is 0 Å². The van der Waals surface area contributed by atoms with Crippen LogP contribution >= 0.6 is 0 Å². The number of fused-ring (bicyclic) bond motifs is 6. The van der Waals surface area contributed by atoms with Crippen molar-refractivity contribution in [3.05, 3.63) is 53.8 Å². The van der Waals surface area contributed by atoms with Gasteiger partial charge in [-0.1, -0.05) is 12.5 Å². The molecule has 2 heterocycles. The van der Waals surface area contributed by atoms with E-state index < -0.39 is 0 Å². The Hall–Kier alpha value is -2.43. The van der Waals surface area contributed by atoms with Gasteiger partial charge in [-0.2, -0.15) is 0 Å². The molecule has 162 valence electrons. The van der Waals surface area contributed by atoms with Gasteiger partial charge in [0.05, 0.1) is 5.69 Å². The number of aromatic nitrogens is 2. The zero-order valence-corrected chi connectivity index (χ0v) is 18.3. The number of carbonyl (C=O) groups excluding carboxylic acids is 1. The Morgan fingerprint density at radius 1 is 1.10 bits per heavy atom. The molecule has 0 spiro atoms. The number of hydrogen-bond acceptors (Lipinski definition) is 3. The molecular weight excluding hydrogens is 389 g/mol. The fraction of sp³-hybridized carbons (Fsp3) is 0.538. The number of ketones is 1. The lowest BCUT2D eigenvalue weighted by Crippen LogP contribution is -2.58. The molecule has 2 fully saturated rings. The largest absolute Gasteiger partial charge is 0.364 e. The number of halogens is 1. The maximum Gasteiger partial charge on any atom is 0.155 e. The van der Waals surface area contributed by atoms with Crippen LogP contribution in [0.25, 0.3) is 5.69 Å². The van der Waals surface area contributed by atoms with E-state index in [0.717, 1.165) is 42.9 Å². The zero-order chi connectivity index (χ0) is 21.4. The number of nitrogens with one attached hydrogen (secondary N) is 1. The summed E-state index contributed by atoms with van der Waals surface area (Å²) in [5.74, 6) is 3.02. The van der Waals surface area contributed by atoms with Crippen LogP contribution in [0.5, 0.6) is 0 Å². The molecule has 6 rings (SSSR count). The van der Waals surface area contributed by atoms with Crippen LogP contribution in [0, 0.1) is 29.0 Å². The van der Waals surface area contributed by atoms with Gasteiger partial charge in [0.15, 0.2) is 5.78 Å². The highest BCUT2D eigenvalue weighted by Gasteiger charge is 2.56. The molecule has 3 aliphatic carbocycles. The minimum Gasteiger partial charge on any atom is -0.364 e. The second-order valence-corrected chi connectivity index (χ2v) is 10.6. The smallest absolute Gasteiger partial charge is 0.155 e. The van der Waals surface area contributed by atoms with Crippen LogP contribution in [-0.4, -0.2) is 20.9 Å². The van der Waals surface area contributed by atoms with E-state index in [9.17, 15) is 9.18 Å². The maximum atomic E-state index is 13.4. The summed E-state index contributed by atoms with van der Waals surface area (Å²) in [6.45, 7) is 4.81. The van der Waals surface area contributed by atoms with Crippen molar-refractivity contribution in [2.24, 2.45) is 23.2 Å². The summed E-state index contributed by atoms with van der Waals surface area (Å²) in [6, 6.07) is 6.63. The fourth-order valence-corrected chi connectivity index (χ4v) is 7.35. The first-order chi connectivity index (χ1) is 14.9. The SMILES string of the molecule is CC12CCC3C(CCC4=CC(=O)CCC43C)C1Cc1ncn(-c3ccc(F)cc3)c1N2. The second kappa shape index (κ2) is 6.54. The molecule has 1 aliphatic heterocycles. The first kappa shape index (κ1) is 19.3. The summed E-state index contributed by atoms with van der Waals surface area (Å²) in [7, 11) is 0. The second-order valence-electron chi connectivity index (χ2n) is 10.6. The summed E-state index contributed by atoms with van der Waals surface area (Å²) in [6.07, 6.45) is 11.1. The predicted octanol–water partition coefficient (Wildman–Crippen LogP) is 5.47. The molecule has 5 unspecified atom stereocenters. The van der Waals surface area contributed by atoms with E-state index in [1.807, 2.05) is 24.5 Å². The monoisotopic (exact) mass is 419 g/mol. The Bertz CT molecular complexity index is 1090. The maximum absolute atomic E-state index is 13.4. The van der Waals surface area contributed by atoms with Gasteiger partial charge in [-0.3, -0.25) is 9.36 Å². The summed E-state index contributed by atoms with van der Waals surface area (Å²) >= 11 is 0. The highest BCUT2D eigenvalue weighted by molar-refractivity contribution is 5.91. The van der Waals surface area contributed by atoms with E-state index in [2.05, 4.69) is 23.7 Å². The van der Waals surface area contributed by atoms with Crippen molar-refractivity contribution in [3.63, 3.8) is 0 Å².